The molecule has 0 radical (unpaired) electrons. The van der Waals surface area contributed by atoms with Crippen LogP contribution in [0.3, 0.4) is 0 Å². The molecule has 1 saturated carbocycles. The highest BCUT2D eigenvalue weighted by Gasteiger charge is 2.27. The van der Waals surface area contributed by atoms with Crippen LogP contribution in [0.1, 0.15) is 55.8 Å². The number of fused-ring (bicyclic) bond motifs is 1. The number of ether oxygens (including phenoxy) is 1. The second-order valence-corrected chi connectivity index (χ2v) is 9.26. The van der Waals surface area contributed by atoms with Gasteiger partial charge in [0.05, 0.1) is 11.5 Å². The van der Waals surface area contributed by atoms with Gasteiger partial charge in [-0.1, -0.05) is 6.92 Å². The van der Waals surface area contributed by atoms with Crippen molar-refractivity contribution in [1.29, 1.82) is 0 Å². The van der Waals surface area contributed by atoms with Crippen LogP contribution >= 0.6 is 0 Å². The van der Waals surface area contributed by atoms with Crippen molar-refractivity contribution in [3.05, 3.63) is 34.2 Å². The lowest BCUT2D eigenvalue weighted by Gasteiger charge is -2.31. The number of hydrogen-bond acceptors (Lipinski definition) is 6. The van der Waals surface area contributed by atoms with Crippen LogP contribution in [0.4, 0.5) is 0 Å². The lowest BCUT2D eigenvalue weighted by molar-refractivity contribution is 0.0402. The zero-order valence-electron chi connectivity index (χ0n) is 19.0. The second kappa shape index (κ2) is 10.0. The summed E-state index contributed by atoms with van der Waals surface area (Å²) in [6.45, 7) is 5.12. The molecule has 4 rings (SSSR count). The standard InChI is InChI=1S/C24H34N4O4/c1-16-5-7-17(8-6-16)26-23(30)20-21(29)19-4-3-11-25-22(19)28(24(20)31)15-14-27-12-9-18(32-2)10-13-27/h3-4,11,16-18,29H,5-10,12-15H2,1-2H3,(H,26,30). The first-order valence-electron chi connectivity index (χ1n) is 11.7. The molecule has 2 aromatic rings. The number of nitrogens with zero attached hydrogens (tertiary/aromatic N) is 3. The lowest BCUT2D eigenvalue weighted by Crippen LogP contribution is -2.42. The summed E-state index contributed by atoms with van der Waals surface area (Å²) in [4.78, 5) is 33.1. The average molecular weight is 443 g/mol. The van der Waals surface area contributed by atoms with Crippen molar-refractivity contribution in [2.75, 3.05) is 26.7 Å². The Morgan fingerprint density at radius 3 is 2.59 bits per heavy atom. The molecule has 1 amide bonds. The Morgan fingerprint density at radius 2 is 1.91 bits per heavy atom. The van der Waals surface area contributed by atoms with Crippen molar-refractivity contribution in [2.24, 2.45) is 5.92 Å². The lowest BCUT2D eigenvalue weighted by atomic mass is 9.87. The Kier molecular flexibility index (Phi) is 7.10. The zero-order chi connectivity index (χ0) is 22.7. The van der Waals surface area contributed by atoms with Crippen LogP contribution in [0, 0.1) is 5.92 Å². The number of methoxy groups -OCH3 is 1. The van der Waals surface area contributed by atoms with Gasteiger partial charge in [0.15, 0.2) is 0 Å². The Balaban J connectivity index is 1.58. The maximum absolute atomic E-state index is 13.4. The number of aromatic nitrogens is 2. The fraction of sp³-hybridized carbons (Fsp3) is 0.625. The Morgan fingerprint density at radius 1 is 1.19 bits per heavy atom. The smallest absolute Gasteiger partial charge is 0.268 e. The highest BCUT2D eigenvalue weighted by Crippen LogP contribution is 2.27. The highest BCUT2D eigenvalue weighted by atomic mass is 16.5. The van der Waals surface area contributed by atoms with E-state index in [0.717, 1.165) is 51.6 Å². The average Bonchev–Trinajstić information content (AvgIpc) is 2.81. The number of amides is 1. The van der Waals surface area contributed by atoms with Crippen LogP contribution in [-0.2, 0) is 11.3 Å². The van der Waals surface area contributed by atoms with Gasteiger partial charge in [0.25, 0.3) is 11.5 Å². The van der Waals surface area contributed by atoms with E-state index in [9.17, 15) is 14.7 Å². The summed E-state index contributed by atoms with van der Waals surface area (Å²) >= 11 is 0. The van der Waals surface area contributed by atoms with Crippen molar-refractivity contribution in [3.8, 4) is 5.75 Å². The van der Waals surface area contributed by atoms with Gasteiger partial charge in [-0.3, -0.25) is 14.2 Å². The van der Waals surface area contributed by atoms with E-state index in [1.807, 2.05) is 0 Å². The Bertz CT molecular complexity index is 1000. The number of carbonyl (C=O) groups is 1. The van der Waals surface area contributed by atoms with Crippen LogP contribution in [0.25, 0.3) is 11.0 Å². The summed E-state index contributed by atoms with van der Waals surface area (Å²) in [7, 11) is 1.74. The molecule has 8 heteroatoms. The van der Waals surface area contributed by atoms with Crippen molar-refractivity contribution < 1.29 is 14.6 Å². The number of nitrogens with one attached hydrogen (secondary N) is 1. The molecular formula is C24H34N4O4. The van der Waals surface area contributed by atoms with Crippen molar-refractivity contribution in [2.45, 2.75) is 64.1 Å². The van der Waals surface area contributed by atoms with Gasteiger partial charge in [-0.05, 0) is 56.6 Å². The number of aromatic hydroxyl groups is 1. The third-order valence-corrected chi connectivity index (χ3v) is 7.08. The molecule has 0 bridgehead atoms. The molecule has 2 fully saturated rings. The SMILES string of the molecule is COC1CCN(CCn2c(=O)c(C(=O)NC3CCC(C)CC3)c(O)c3cccnc32)CC1. The Hall–Kier alpha value is -2.45. The summed E-state index contributed by atoms with van der Waals surface area (Å²) in [6, 6.07) is 3.45. The van der Waals surface area contributed by atoms with Crippen LogP contribution in [0.2, 0.25) is 0 Å². The van der Waals surface area contributed by atoms with Gasteiger partial charge >= 0.3 is 0 Å². The minimum Gasteiger partial charge on any atom is -0.506 e. The highest BCUT2D eigenvalue weighted by molar-refractivity contribution is 6.01. The summed E-state index contributed by atoms with van der Waals surface area (Å²) in [5.74, 6) is -0.112. The Labute approximate surface area is 188 Å². The van der Waals surface area contributed by atoms with E-state index in [1.165, 1.54) is 4.57 Å². The van der Waals surface area contributed by atoms with Crippen LogP contribution in [0.15, 0.2) is 23.1 Å². The molecule has 2 aromatic heterocycles. The minimum atomic E-state index is -0.493. The quantitative estimate of drug-likeness (QED) is 0.714. The molecule has 8 nitrogen and oxygen atoms in total. The summed E-state index contributed by atoms with van der Waals surface area (Å²) in [5, 5.41) is 14.2. The van der Waals surface area contributed by atoms with E-state index >= 15 is 0 Å². The van der Waals surface area contributed by atoms with Crippen molar-refractivity contribution in [3.63, 3.8) is 0 Å². The first-order chi connectivity index (χ1) is 15.5. The fourth-order valence-corrected chi connectivity index (χ4v) is 4.95. The van der Waals surface area contributed by atoms with Gasteiger partial charge < -0.3 is 20.1 Å². The molecule has 3 heterocycles. The molecule has 32 heavy (non-hydrogen) atoms. The van der Waals surface area contributed by atoms with Gasteiger partial charge in [0, 0.05) is 45.5 Å². The molecule has 1 aliphatic carbocycles. The molecular weight excluding hydrogens is 408 g/mol. The van der Waals surface area contributed by atoms with E-state index in [0.29, 0.717) is 36.1 Å². The van der Waals surface area contributed by atoms with Crippen molar-refractivity contribution in [1.82, 2.24) is 19.8 Å². The van der Waals surface area contributed by atoms with E-state index in [4.69, 9.17) is 4.74 Å². The first-order valence-corrected chi connectivity index (χ1v) is 11.7. The molecule has 174 valence electrons. The van der Waals surface area contributed by atoms with E-state index in [1.54, 1.807) is 25.4 Å². The largest absolute Gasteiger partial charge is 0.506 e. The maximum atomic E-state index is 13.4. The van der Waals surface area contributed by atoms with E-state index in [-0.39, 0.29) is 17.4 Å². The first kappa shape index (κ1) is 22.7. The number of pyridine rings is 2. The van der Waals surface area contributed by atoms with Gasteiger partial charge in [-0.25, -0.2) is 4.98 Å². The summed E-state index contributed by atoms with van der Waals surface area (Å²) < 4.78 is 6.98. The normalized spacial score (nSPS) is 22.8. The van der Waals surface area contributed by atoms with Gasteiger partial charge in [-0.15, -0.1) is 0 Å². The number of hydrogen-bond donors (Lipinski definition) is 2. The maximum Gasteiger partial charge on any atom is 0.268 e. The number of carbonyl (C=O) groups excluding carboxylic acids is 1. The molecule has 2 aliphatic rings. The van der Waals surface area contributed by atoms with E-state index in [2.05, 4.69) is 22.1 Å². The number of rotatable bonds is 6. The van der Waals surface area contributed by atoms with Crippen LogP contribution in [0.5, 0.6) is 5.75 Å². The monoisotopic (exact) mass is 442 g/mol. The molecule has 0 spiro atoms. The van der Waals surface area contributed by atoms with Crippen LogP contribution < -0.4 is 10.9 Å². The number of likely N-dealkylation sites (tertiary alicyclic amines) is 1. The minimum absolute atomic E-state index is 0.0395. The predicted molar refractivity (Wildman–Crippen MR) is 123 cm³/mol. The zero-order valence-corrected chi connectivity index (χ0v) is 19.0. The molecule has 0 aromatic carbocycles. The third kappa shape index (κ3) is 4.81. The summed E-state index contributed by atoms with van der Waals surface area (Å²) in [6.07, 6.45) is 7.74. The number of piperidine rings is 1. The van der Waals surface area contributed by atoms with Gasteiger partial charge in [0.1, 0.15) is 17.0 Å². The molecule has 2 N–H and O–H groups in total. The predicted octanol–water partition coefficient (Wildman–Crippen LogP) is 2.52. The molecule has 1 saturated heterocycles. The molecule has 0 atom stereocenters. The van der Waals surface area contributed by atoms with E-state index < -0.39 is 11.5 Å². The van der Waals surface area contributed by atoms with Gasteiger partial charge in [-0.2, -0.15) is 0 Å². The summed E-state index contributed by atoms with van der Waals surface area (Å²) in [5.41, 5.74) is -0.255. The molecule has 1 aliphatic heterocycles. The fourth-order valence-electron chi connectivity index (χ4n) is 4.95. The second-order valence-electron chi connectivity index (χ2n) is 9.26. The van der Waals surface area contributed by atoms with Gasteiger partial charge in [0.2, 0.25) is 0 Å². The topological polar surface area (TPSA) is 96.7 Å². The van der Waals surface area contributed by atoms with Crippen LogP contribution in [-0.4, -0.2) is 64.4 Å². The molecule has 0 unspecified atom stereocenters. The third-order valence-electron chi connectivity index (χ3n) is 7.08. The van der Waals surface area contributed by atoms with Crippen molar-refractivity contribution >= 4 is 16.9 Å².